The summed E-state index contributed by atoms with van der Waals surface area (Å²) in [5, 5.41) is 3.29. The average molecular weight is 404 g/mol. The molecule has 0 aliphatic carbocycles. The first kappa shape index (κ1) is 17.4. The van der Waals surface area contributed by atoms with Gasteiger partial charge in [-0.05, 0) is 37.4 Å². The lowest BCUT2D eigenvalue weighted by Crippen LogP contribution is -2.36. The van der Waals surface area contributed by atoms with Crippen molar-refractivity contribution in [3.8, 4) is 5.75 Å². The van der Waals surface area contributed by atoms with E-state index in [0.29, 0.717) is 54.3 Å². The second-order valence-electron chi connectivity index (χ2n) is 7.33. The maximum Gasteiger partial charge on any atom is 0.271 e. The van der Waals surface area contributed by atoms with Crippen molar-refractivity contribution in [1.29, 1.82) is 0 Å². The van der Waals surface area contributed by atoms with Crippen molar-refractivity contribution in [2.75, 3.05) is 24.6 Å². The van der Waals surface area contributed by atoms with Gasteiger partial charge in [0.15, 0.2) is 11.6 Å². The van der Waals surface area contributed by atoms with Crippen LogP contribution in [0.3, 0.4) is 0 Å². The Kier molecular flexibility index (Phi) is 3.80. The SMILES string of the molecule is CC1COc2c(N3CCC(N=O)CC3)c(F)cc3c(=O)c4c(=O)[nH]sc4n1c23. The molecule has 1 fully saturated rings. The molecule has 2 aliphatic heterocycles. The van der Waals surface area contributed by atoms with Crippen LogP contribution in [0.5, 0.6) is 5.75 Å². The molecular formula is C18H17FN4O4S. The molecule has 1 saturated heterocycles. The maximum absolute atomic E-state index is 15.2. The average Bonchev–Trinajstić information content (AvgIpc) is 3.08. The number of anilines is 1. The van der Waals surface area contributed by atoms with E-state index in [4.69, 9.17) is 4.74 Å². The summed E-state index contributed by atoms with van der Waals surface area (Å²) in [6, 6.07) is 0.828. The molecule has 1 unspecified atom stereocenters. The van der Waals surface area contributed by atoms with Crippen LogP contribution in [0.1, 0.15) is 25.8 Å². The Morgan fingerprint density at radius 3 is 2.79 bits per heavy atom. The van der Waals surface area contributed by atoms with Gasteiger partial charge in [0.1, 0.15) is 22.5 Å². The Morgan fingerprint density at radius 2 is 2.07 bits per heavy atom. The number of nitrogens with one attached hydrogen (secondary N) is 1. The molecule has 8 nitrogen and oxygen atoms in total. The molecule has 28 heavy (non-hydrogen) atoms. The molecule has 0 radical (unpaired) electrons. The van der Waals surface area contributed by atoms with Gasteiger partial charge >= 0.3 is 0 Å². The number of aromatic nitrogens is 2. The van der Waals surface area contributed by atoms with Crippen molar-refractivity contribution >= 4 is 38.3 Å². The third-order valence-electron chi connectivity index (χ3n) is 5.63. The molecule has 10 heteroatoms. The molecule has 2 aromatic heterocycles. The number of pyridine rings is 1. The van der Waals surface area contributed by atoms with E-state index in [1.807, 2.05) is 16.4 Å². The summed E-state index contributed by atoms with van der Waals surface area (Å²) in [4.78, 5) is 38.3. The van der Waals surface area contributed by atoms with Gasteiger partial charge in [-0.3, -0.25) is 14.0 Å². The molecule has 0 bridgehead atoms. The second-order valence-corrected chi connectivity index (χ2v) is 8.12. The molecule has 0 spiro atoms. The zero-order valence-electron chi connectivity index (χ0n) is 15.0. The number of rotatable bonds is 2. The van der Waals surface area contributed by atoms with Crippen LogP contribution < -0.4 is 20.6 Å². The lowest BCUT2D eigenvalue weighted by Gasteiger charge is -2.35. The van der Waals surface area contributed by atoms with Crippen molar-refractivity contribution < 1.29 is 9.13 Å². The molecule has 4 heterocycles. The van der Waals surface area contributed by atoms with Crippen LogP contribution in [-0.4, -0.2) is 34.7 Å². The minimum absolute atomic E-state index is 0.0576. The van der Waals surface area contributed by atoms with Gasteiger partial charge in [0.2, 0.25) is 5.43 Å². The van der Waals surface area contributed by atoms with Gasteiger partial charge in [-0.15, -0.1) is 0 Å². The summed E-state index contributed by atoms with van der Waals surface area (Å²) < 4.78 is 25.6. The first-order valence-electron chi connectivity index (χ1n) is 9.13. The van der Waals surface area contributed by atoms with Gasteiger partial charge in [0.25, 0.3) is 5.56 Å². The summed E-state index contributed by atoms with van der Waals surface area (Å²) in [7, 11) is 0. The van der Waals surface area contributed by atoms with Crippen LogP contribution in [0.15, 0.2) is 20.8 Å². The Labute approximate surface area is 161 Å². The van der Waals surface area contributed by atoms with Gasteiger partial charge in [-0.25, -0.2) is 4.39 Å². The monoisotopic (exact) mass is 404 g/mol. The molecule has 146 valence electrons. The van der Waals surface area contributed by atoms with Crippen molar-refractivity contribution in [1.82, 2.24) is 8.94 Å². The number of ether oxygens (including phenoxy) is 1. The predicted molar refractivity (Wildman–Crippen MR) is 105 cm³/mol. The smallest absolute Gasteiger partial charge is 0.271 e. The minimum atomic E-state index is -0.566. The van der Waals surface area contributed by atoms with E-state index in [-0.39, 0.29) is 22.9 Å². The summed E-state index contributed by atoms with van der Waals surface area (Å²) in [5.74, 6) is -0.241. The summed E-state index contributed by atoms with van der Waals surface area (Å²) in [6.07, 6.45) is 1.09. The molecule has 1 N–H and O–H groups in total. The lowest BCUT2D eigenvalue weighted by molar-refractivity contribution is 0.250. The third kappa shape index (κ3) is 2.27. The maximum atomic E-state index is 15.2. The molecule has 5 rings (SSSR count). The highest BCUT2D eigenvalue weighted by molar-refractivity contribution is 7.12. The largest absolute Gasteiger partial charge is 0.487 e. The predicted octanol–water partition coefficient (Wildman–Crippen LogP) is 2.73. The molecule has 0 saturated carbocycles. The number of halogens is 1. The van der Waals surface area contributed by atoms with Crippen molar-refractivity contribution in [2.24, 2.45) is 5.18 Å². The van der Waals surface area contributed by atoms with Crippen LogP contribution >= 0.6 is 11.5 Å². The highest BCUT2D eigenvalue weighted by atomic mass is 32.1. The lowest BCUT2D eigenvalue weighted by atomic mass is 10.0. The van der Waals surface area contributed by atoms with Gasteiger partial charge < -0.3 is 14.2 Å². The number of aromatic amines is 1. The number of H-pyrrole nitrogens is 1. The molecule has 0 amide bonds. The first-order chi connectivity index (χ1) is 13.5. The number of fused-ring (bicyclic) bond motifs is 2. The number of piperidine rings is 1. The van der Waals surface area contributed by atoms with Crippen LogP contribution in [0.2, 0.25) is 0 Å². The zero-order valence-corrected chi connectivity index (χ0v) is 15.8. The van der Waals surface area contributed by atoms with Crippen molar-refractivity contribution in [3.63, 3.8) is 0 Å². The van der Waals surface area contributed by atoms with Gasteiger partial charge in [-0.2, -0.15) is 4.91 Å². The van der Waals surface area contributed by atoms with E-state index in [1.165, 1.54) is 6.07 Å². The van der Waals surface area contributed by atoms with E-state index in [1.54, 1.807) is 0 Å². The molecular weight excluding hydrogens is 387 g/mol. The fraction of sp³-hybridized carbons (Fsp3) is 0.444. The van der Waals surface area contributed by atoms with Crippen LogP contribution in [0.25, 0.3) is 21.1 Å². The second kappa shape index (κ2) is 6.13. The topological polar surface area (TPSA) is 96.8 Å². The van der Waals surface area contributed by atoms with E-state index in [9.17, 15) is 14.5 Å². The molecule has 3 aromatic rings. The van der Waals surface area contributed by atoms with E-state index >= 15 is 4.39 Å². The molecule has 2 aliphatic rings. The van der Waals surface area contributed by atoms with Crippen LogP contribution in [0.4, 0.5) is 10.1 Å². The zero-order chi connectivity index (χ0) is 19.6. The number of benzene rings is 1. The standard InChI is InChI=1S/C18H17FN4O4S/c1-8-7-27-16-13-10(15(24)12-17(25)21-28-18(12)23(8)13)6-11(19)14(16)22-4-2-9(20-26)3-5-22/h6,8-9H,2-5,7H2,1H3,(H,21,25). The van der Waals surface area contributed by atoms with E-state index < -0.39 is 16.8 Å². The van der Waals surface area contributed by atoms with E-state index in [0.717, 1.165) is 11.5 Å². The van der Waals surface area contributed by atoms with Gasteiger partial charge in [0.05, 0.1) is 23.0 Å². The van der Waals surface area contributed by atoms with Crippen molar-refractivity contribution in [2.45, 2.75) is 31.8 Å². The Morgan fingerprint density at radius 1 is 1.32 bits per heavy atom. The highest BCUT2D eigenvalue weighted by Crippen LogP contribution is 2.43. The van der Waals surface area contributed by atoms with Gasteiger partial charge in [-0.1, -0.05) is 5.18 Å². The Hall–Kier alpha value is -2.75. The van der Waals surface area contributed by atoms with Crippen LogP contribution in [-0.2, 0) is 0 Å². The van der Waals surface area contributed by atoms with Crippen LogP contribution in [0, 0.1) is 10.7 Å². The number of hydrogen-bond donors (Lipinski definition) is 1. The fourth-order valence-corrected chi connectivity index (χ4v) is 5.19. The quantitative estimate of drug-likeness (QED) is 0.663. The normalized spacial score (nSPS) is 19.9. The third-order valence-corrected chi connectivity index (χ3v) is 6.52. The summed E-state index contributed by atoms with van der Waals surface area (Å²) in [5.41, 5.74) is -0.126. The Bertz CT molecular complexity index is 1240. The molecule has 1 atom stereocenters. The number of hydrogen-bond acceptors (Lipinski definition) is 7. The highest BCUT2D eigenvalue weighted by Gasteiger charge is 2.32. The number of nitrogens with zero attached hydrogens (tertiary/aromatic N) is 3. The van der Waals surface area contributed by atoms with E-state index in [2.05, 4.69) is 9.55 Å². The molecule has 1 aromatic carbocycles. The van der Waals surface area contributed by atoms with Gasteiger partial charge in [0, 0.05) is 13.1 Å². The summed E-state index contributed by atoms with van der Waals surface area (Å²) in [6.45, 7) is 3.19. The fourth-order valence-electron chi connectivity index (χ4n) is 4.24. The van der Waals surface area contributed by atoms with Crippen molar-refractivity contribution in [3.05, 3.63) is 37.4 Å². The first-order valence-corrected chi connectivity index (χ1v) is 9.95. The summed E-state index contributed by atoms with van der Waals surface area (Å²) >= 11 is 1.10. The Balaban J connectivity index is 1.83. The minimum Gasteiger partial charge on any atom is -0.487 e. The number of nitroso groups, excluding NO2 is 1.